The molecule has 2 fully saturated rings. The zero-order chi connectivity index (χ0) is 14.9. The predicted octanol–water partition coefficient (Wildman–Crippen LogP) is 1.85. The van der Waals surface area contributed by atoms with Crippen LogP contribution in [0.2, 0.25) is 0 Å². The van der Waals surface area contributed by atoms with Crippen molar-refractivity contribution in [3.05, 3.63) is 29.3 Å². The average Bonchev–Trinajstić information content (AvgIpc) is 3.25. The van der Waals surface area contributed by atoms with Crippen molar-refractivity contribution in [2.24, 2.45) is 5.92 Å². The molecule has 5 nitrogen and oxygen atoms in total. The monoisotopic (exact) mass is 303 g/mol. The van der Waals surface area contributed by atoms with Crippen molar-refractivity contribution in [2.75, 3.05) is 32.9 Å². The number of piperidine rings is 1. The highest BCUT2D eigenvalue weighted by atomic mass is 16.7. The Labute approximate surface area is 130 Å². The van der Waals surface area contributed by atoms with Crippen molar-refractivity contribution >= 4 is 5.91 Å². The molecule has 1 aromatic carbocycles. The number of hydrogen-bond acceptors (Lipinski definition) is 4. The first-order chi connectivity index (χ1) is 10.8. The molecule has 118 valence electrons. The van der Waals surface area contributed by atoms with Crippen LogP contribution in [0.1, 0.15) is 28.8 Å². The van der Waals surface area contributed by atoms with E-state index in [9.17, 15) is 4.79 Å². The van der Waals surface area contributed by atoms with Crippen LogP contribution in [-0.4, -0.2) is 50.0 Å². The van der Waals surface area contributed by atoms with Crippen LogP contribution in [0.5, 0.6) is 5.75 Å². The van der Waals surface area contributed by atoms with Crippen LogP contribution in [0.4, 0.5) is 0 Å². The smallest absolute Gasteiger partial charge is 0.253 e. The molecule has 2 saturated heterocycles. The van der Waals surface area contributed by atoms with Gasteiger partial charge in [-0.25, -0.2) is 0 Å². The summed E-state index contributed by atoms with van der Waals surface area (Å²) >= 11 is 0. The Bertz CT molecular complexity index is 568. The third kappa shape index (κ3) is 2.59. The summed E-state index contributed by atoms with van der Waals surface area (Å²) < 4.78 is 16.7. The molecule has 0 aliphatic carbocycles. The van der Waals surface area contributed by atoms with E-state index in [0.717, 1.165) is 55.8 Å². The minimum atomic E-state index is -0.135. The molecule has 0 spiro atoms. The first-order valence-electron chi connectivity index (χ1n) is 8.09. The molecule has 1 aromatic rings. The molecule has 0 aromatic heterocycles. The quantitative estimate of drug-likeness (QED) is 0.836. The van der Waals surface area contributed by atoms with E-state index >= 15 is 0 Å². The summed E-state index contributed by atoms with van der Waals surface area (Å²) in [6, 6.07) is 5.77. The lowest BCUT2D eigenvalue weighted by atomic mass is 9.96. The van der Waals surface area contributed by atoms with Gasteiger partial charge in [0.15, 0.2) is 6.29 Å². The number of likely N-dealkylation sites (tertiary alicyclic amines) is 1. The average molecular weight is 303 g/mol. The summed E-state index contributed by atoms with van der Waals surface area (Å²) in [4.78, 5) is 14.7. The molecule has 5 heteroatoms. The molecule has 22 heavy (non-hydrogen) atoms. The fourth-order valence-electron chi connectivity index (χ4n) is 3.57. The molecule has 0 saturated carbocycles. The maximum absolute atomic E-state index is 12.8. The van der Waals surface area contributed by atoms with Crippen molar-refractivity contribution in [1.82, 2.24) is 4.90 Å². The number of hydrogen-bond donors (Lipinski definition) is 0. The minimum absolute atomic E-state index is 0.109. The molecule has 1 amide bonds. The molecule has 1 unspecified atom stereocenters. The lowest BCUT2D eigenvalue weighted by molar-refractivity contribution is -0.0969. The maximum Gasteiger partial charge on any atom is 0.253 e. The summed E-state index contributed by atoms with van der Waals surface area (Å²) in [6.45, 7) is 3.59. The van der Waals surface area contributed by atoms with Crippen molar-refractivity contribution in [1.29, 1.82) is 0 Å². The second-order valence-corrected chi connectivity index (χ2v) is 6.18. The van der Waals surface area contributed by atoms with Crippen molar-refractivity contribution in [2.45, 2.75) is 25.6 Å². The van der Waals surface area contributed by atoms with Gasteiger partial charge in [-0.1, -0.05) is 0 Å². The van der Waals surface area contributed by atoms with E-state index in [-0.39, 0.29) is 18.1 Å². The van der Waals surface area contributed by atoms with Gasteiger partial charge >= 0.3 is 0 Å². The Balaban J connectivity index is 1.47. The highest BCUT2D eigenvalue weighted by molar-refractivity contribution is 5.94. The number of fused-ring (bicyclic) bond motifs is 1. The molecular weight excluding hydrogens is 282 g/mol. The molecule has 1 atom stereocenters. The maximum atomic E-state index is 12.8. The second kappa shape index (κ2) is 5.89. The first kappa shape index (κ1) is 14.0. The standard InChI is InChI=1S/C17H21NO4/c19-16(13-3-4-15-12(10-13)5-7-20-15)18-6-1-2-14(11-18)17-21-8-9-22-17/h3-4,10,14,17H,1-2,5-9,11H2. The summed E-state index contributed by atoms with van der Waals surface area (Å²) in [7, 11) is 0. The summed E-state index contributed by atoms with van der Waals surface area (Å²) in [5.41, 5.74) is 1.90. The van der Waals surface area contributed by atoms with Crippen molar-refractivity contribution < 1.29 is 19.0 Å². The first-order valence-corrected chi connectivity index (χ1v) is 8.09. The third-order valence-electron chi connectivity index (χ3n) is 4.71. The zero-order valence-electron chi connectivity index (χ0n) is 12.6. The minimum Gasteiger partial charge on any atom is -0.493 e. The number of carbonyl (C=O) groups excluding carboxylic acids is 1. The van der Waals surface area contributed by atoms with Gasteiger partial charge in [0.1, 0.15) is 5.75 Å². The Morgan fingerprint density at radius 2 is 2.05 bits per heavy atom. The van der Waals surface area contributed by atoms with Gasteiger partial charge in [0.25, 0.3) is 5.91 Å². The number of rotatable bonds is 2. The van der Waals surface area contributed by atoms with Gasteiger partial charge < -0.3 is 19.1 Å². The Kier molecular flexibility index (Phi) is 3.76. The van der Waals surface area contributed by atoms with Crippen molar-refractivity contribution in [3.63, 3.8) is 0 Å². The number of amides is 1. The molecule has 0 bridgehead atoms. The van der Waals surface area contributed by atoms with Gasteiger partial charge in [-0.2, -0.15) is 0 Å². The lowest BCUT2D eigenvalue weighted by Gasteiger charge is -2.34. The Hall–Kier alpha value is -1.59. The summed E-state index contributed by atoms with van der Waals surface area (Å²) in [5.74, 6) is 1.32. The van der Waals surface area contributed by atoms with Crippen LogP contribution in [0, 0.1) is 5.92 Å². The van der Waals surface area contributed by atoms with Crippen LogP contribution in [0.15, 0.2) is 18.2 Å². The number of carbonyl (C=O) groups is 1. The molecular formula is C17H21NO4. The van der Waals surface area contributed by atoms with Crippen LogP contribution < -0.4 is 4.74 Å². The zero-order valence-corrected chi connectivity index (χ0v) is 12.6. The molecule has 3 aliphatic rings. The van der Waals surface area contributed by atoms with Gasteiger partial charge in [0.05, 0.1) is 19.8 Å². The van der Waals surface area contributed by atoms with Gasteiger partial charge in [-0.3, -0.25) is 4.79 Å². The van der Waals surface area contributed by atoms with Gasteiger partial charge in [-0.05, 0) is 36.6 Å². The van der Waals surface area contributed by atoms with Gasteiger partial charge in [-0.15, -0.1) is 0 Å². The van der Waals surface area contributed by atoms with E-state index < -0.39 is 0 Å². The van der Waals surface area contributed by atoms with Crippen LogP contribution in [0.3, 0.4) is 0 Å². The van der Waals surface area contributed by atoms with Crippen LogP contribution >= 0.6 is 0 Å². The molecule has 0 N–H and O–H groups in total. The number of benzene rings is 1. The Morgan fingerprint density at radius 3 is 2.91 bits per heavy atom. The predicted molar refractivity (Wildman–Crippen MR) is 80.0 cm³/mol. The summed E-state index contributed by atoms with van der Waals surface area (Å²) in [6.07, 6.45) is 2.83. The van der Waals surface area contributed by atoms with Crippen LogP contribution in [0.25, 0.3) is 0 Å². The topological polar surface area (TPSA) is 48.0 Å². The van der Waals surface area contributed by atoms with E-state index in [0.29, 0.717) is 13.2 Å². The normalized spacial score (nSPS) is 25.1. The van der Waals surface area contributed by atoms with E-state index in [2.05, 4.69) is 0 Å². The molecule has 3 aliphatic heterocycles. The molecule has 3 heterocycles. The third-order valence-corrected chi connectivity index (χ3v) is 4.71. The summed E-state index contributed by atoms with van der Waals surface area (Å²) in [5, 5.41) is 0. The van der Waals surface area contributed by atoms with E-state index in [1.807, 2.05) is 23.1 Å². The largest absolute Gasteiger partial charge is 0.493 e. The van der Waals surface area contributed by atoms with Crippen LogP contribution in [-0.2, 0) is 15.9 Å². The molecule has 4 rings (SSSR count). The molecule has 0 radical (unpaired) electrons. The SMILES string of the molecule is O=C(c1ccc2c(c1)CCO2)N1CCCC(C2OCCO2)C1. The second-order valence-electron chi connectivity index (χ2n) is 6.18. The Morgan fingerprint density at radius 1 is 1.18 bits per heavy atom. The van der Waals surface area contributed by atoms with Crippen molar-refractivity contribution in [3.8, 4) is 5.75 Å². The van der Waals surface area contributed by atoms with Gasteiger partial charge in [0.2, 0.25) is 0 Å². The lowest BCUT2D eigenvalue weighted by Crippen LogP contribution is -2.43. The van der Waals surface area contributed by atoms with Gasteiger partial charge in [0, 0.05) is 31.0 Å². The number of nitrogens with zero attached hydrogens (tertiary/aromatic N) is 1. The highest BCUT2D eigenvalue weighted by Gasteiger charge is 2.33. The fourth-order valence-corrected chi connectivity index (χ4v) is 3.57. The van der Waals surface area contributed by atoms with E-state index in [1.165, 1.54) is 0 Å². The fraction of sp³-hybridized carbons (Fsp3) is 0.588. The number of ether oxygens (including phenoxy) is 3. The van der Waals surface area contributed by atoms with E-state index in [4.69, 9.17) is 14.2 Å². The highest BCUT2D eigenvalue weighted by Crippen LogP contribution is 2.29. The van der Waals surface area contributed by atoms with E-state index in [1.54, 1.807) is 0 Å².